The number of H-pyrrole nitrogens is 1. The number of nitrogens with zero attached hydrogens (tertiary/aromatic N) is 2. The number of aryl methyl sites for hydroxylation is 2. The Hall–Kier alpha value is -2.95. The summed E-state index contributed by atoms with van der Waals surface area (Å²) in [4.78, 5) is 10.4. The standard InChI is InChI=1S/C30H35N3O/c1-21(2)23-10-12-25(13-11-23)30(34,29(3)19-33(4)20-29)26-15-22(17-31-18-26)9-14-27-16-24-7-5-6-8-28(24)32-27/h5-8,10-13,15-18,21,32,34H,9,14,19-20H2,1-4H3/t30-/m0/s1. The van der Waals surface area contributed by atoms with Crippen LogP contribution in [0.15, 0.2) is 73.1 Å². The number of rotatable bonds is 7. The molecule has 1 saturated heterocycles. The minimum absolute atomic E-state index is 0.279. The number of benzene rings is 2. The minimum Gasteiger partial charge on any atom is -0.380 e. The molecule has 34 heavy (non-hydrogen) atoms. The van der Waals surface area contributed by atoms with Crippen molar-refractivity contribution in [2.24, 2.45) is 5.41 Å². The molecule has 176 valence electrons. The van der Waals surface area contributed by atoms with Crippen LogP contribution in [-0.2, 0) is 18.4 Å². The topological polar surface area (TPSA) is 52.2 Å². The first-order chi connectivity index (χ1) is 16.3. The Bertz CT molecular complexity index is 1250. The van der Waals surface area contributed by atoms with Crippen LogP contribution in [-0.4, -0.2) is 40.1 Å². The number of hydrogen-bond donors (Lipinski definition) is 2. The highest BCUT2D eigenvalue weighted by molar-refractivity contribution is 5.80. The zero-order chi connectivity index (χ0) is 23.9. The third-order valence-electron chi connectivity index (χ3n) is 7.59. The van der Waals surface area contributed by atoms with Crippen LogP contribution in [0.2, 0.25) is 0 Å². The maximum atomic E-state index is 12.4. The monoisotopic (exact) mass is 453 g/mol. The number of pyridine rings is 1. The van der Waals surface area contributed by atoms with Gasteiger partial charge in [0.2, 0.25) is 0 Å². The van der Waals surface area contributed by atoms with Crippen molar-refractivity contribution in [3.05, 3.63) is 101 Å². The number of aliphatic hydroxyl groups is 1. The quantitative estimate of drug-likeness (QED) is 0.380. The molecule has 4 nitrogen and oxygen atoms in total. The van der Waals surface area contributed by atoms with Crippen molar-refractivity contribution in [2.75, 3.05) is 20.1 Å². The first-order valence-electron chi connectivity index (χ1n) is 12.3. The van der Waals surface area contributed by atoms with E-state index in [1.807, 2.05) is 12.4 Å². The molecule has 4 aromatic rings. The van der Waals surface area contributed by atoms with Gasteiger partial charge in [-0.3, -0.25) is 4.98 Å². The second-order valence-corrected chi connectivity index (χ2v) is 10.7. The normalized spacial score (nSPS) is 17.6. The van der Waals surface area contributed by atoms with Crippen molar-refractivity contribution in [1.82, 2.24) is 14.9 Å². The van der Waals surface area contributed by atoms with Crippen molar-refractivity contribution in [1.29, 1.82) is 0 Å². The Morgan fingerprint density at radius 1 is 1.00 bits per heavy atom. The van der Waals surface area contributed by atoms with Crippen LogP contribution in [0.5, 0.6) is 0 Å². The van der Waals surface area contributed by atoms with Crippen LogP contribution in [0.3, 0.4) is 0 Å². The predicted molar refractivity (Wildman–Crippen MR) is 139 cm³/mol. The van der Waals surface area contributed by atoms with Crippen LogP contribution < -0.4 is 0 Å². The minimum atomic E-state index is -1.10. The summed E-state index contributed by atoms with van der Waals surface area (Å²) in [5.41, 5.74) is 5.27. The molecular formula is C30H35N3O. The van der Waals surface area contributed by atoms with Gasteiger partial charge in [0, 0.05) is 47.7 Å². The number of aromatic nitrogens is 2. The lowest BCUT2D eigenvalue weighted by Gasteiger charge is -2.56. The number of hydrogen-bond acceptors (Lipinski definition) is 3. The molecule has 1 atom stereocenters. The Morgan fingerprint density at radius 3 is 2.41 bits per heavy atom. The lowest BCUT2D eigenvalue weighted by Crippen LogP contribution is -2.63. The van der Waals surface area contributed by atoms with E-state index >= 15 is 0 Å². The van der Waals surface area contributed by atoms with Gasteiger partial charge in [-0.2, -0.15) is 0 Å². The molecular weight excluding hydrogens is 418 g/mol. The maximum Gasteiger partial charge on any atom is 0.124 e. The maximum absolute atomic E-state index is 12.4. The summed E-state index contributed by atoms with van der Waals surface area (Å²) in [5, 5.41) is 13.7. The van der Waals surface area contributed by atoms with Gasteiger partial charge in [0.05, 0.1) is 0 Å². The van der Waals surface area contributed by atoms with Crippen LogP contribution in [0, 0.1) is 5.41 Å². The van der Waals surface area contributed by atoms with E-state index < -0.39 is 5.60 Å². The summed E-state index contributed by atoms with van der Waals surface area (Å²) in [7, 11) is 2.11. The van der Waals surface area contributed by atoms with Gasteiger partial charge in [0.15, 0.2) is 0 Å². The van der Waals surface area contributed by atoms with Gasteiger partial charge < -0.3 is 15.0 Å². The van der Waals surface area contributed by atoms with E-state index in [0.29, 0.717) is 5.92 Å². The average molecular weight is 454 g/mol. The summed E-state index contributed by atoms with van der Waals surface area (Å²) < 4.78 is 0. The molecule has 0 aliphatic carbocycles. The van der Waals surface area contributed by atoms with Gasteiger partial charge in [-0.25, -0.2) is 0 Å². The number of nitrogens with one attached hydrogen (secondary N) is 1. The van der Waals surface area contributed by atoms with Gasteiger partial charge in [-0.15, -0.1) is 0 Å². The molecule has 0 unspecified atom stereocenters. The fourth-order valence-corrected chi connectivity index (χ4v) is 5.72. The highest BCUT2D eigenvalue weighted by Crippen LogP contribution is 2.50. The summed E-state index contributed by atoms with van der Waals surface area (Å²) in [6.07, 6.45) is 5.56. The van der Waals surface area contributed by atoms with Gasteiger partial charge in [0.1, 0.15) is 5.60 Å². The third kappa shape index (κ3) is 3.95. The molecule has 0 radical (unpaired) electrons. The smallest absolute Gasteiger partial charge is 0.124 e. The van der Waals surface area contributed by atoms with Crippen molar-refractivity contribution in [2.45, 2.75) is 45.1 Å². The molecule has 5 rings (SSSR count). The lowest BCUT2D eigenvalue weighted by molar-refractivity contribution is -0.127. The van der Waals surface area contributed by atoms with Crippen LogP contribution in [0.4, 0.5) is 0 Å². The molecule has 2 aromatic heterocycles. The van der Waals surface area contributed by atoms with E-state index in [1.54, 1.807) is 0 Å². The molecule has 0 saturated carbocycles. The second kappa shape index (κ2) is 8.68. The first kappa shape index (κ1) is 22.8. The predicted octanol–water partition coefficient (Wildman–Crippen LogP) is 5.66. The van der Waals surface area contributed by atoms with Crippen molar-refractivity contribution in [3.63, 3.8) is 0 Å². The first-order valence-corrected chi connectivity index (χ1v) is 12.3. The van der Waals surface area contributed by atoms with E-state index in [0.717, 1.165) is 42.6 Å². The van der Waals surface area contributed by atoms with Gasteiger partial charge in [-0.05, 0) is 66.1 Å². The lowest BCUT2D eigenvalue weighted by atomic mass is 9.62. The molecule has 1 aliphatic rings. The van der Waals surface area contributed by atoms with Crippen LogP contribution in [0.25, 0.3) is 10.9 Å². The zero-order valence-electron chi connectivity index (χ0n) is 20.7. The van der Waals surface area contributed by atoms with E-state index in [-0.39, 0.29) is 5.41 Å². The summed E-state index contributed by atoms with van der Waals surface area (Å²) in [6.45, 7) is 8.28. The molecule has 1 fully saturated rings. The highest BCUT2D eigenvalue weighted by atomic mass is 16.3. The summed E-state index contributed by atoms with van der Waals surface area (Å²) in [6, 6.07) is 21.3. The summed E-state index contributed by atoms with van der Waals surface area (Å²) in [5.74, 6) is 0.460. The van der Waals surface area contributed by atoms with Gasteiger partial charge >= 0.3 is 0 Å². The molecule has 0 bridgehead atoms. The number of fused-ring (bicyclic) bond motifs is 1. The largest absolute Gasteiger partial charge is 0.380 e. The Morgan fingerprint density at radius 2 is 1.74 bits per heavy atom. The molecule has 3 heterocycles. The Balaban J connectivity index is 1.46. The fraction of sp³-hybridized carbons (Fsp3) is 0.367. The van der Waals surface area contributed by atoms with Gasteiger partial charge in [0.25, 0.3) is 0 Å². The van der Waals surface area contributed by atoms with E-state index in [1.165, 1.54) is 22.2 Å². The molecule has 0 spiro atoms. The van der Waals surface area contributed by atoms with Crippen molar-refractivity contribution < 1.29 is 5.11 Å². The SMILES string of the molecule is CC(C)c1ccc([C@](O)(c2cncc(CCc3cc4ccccc4[nH]3)c2)C2(C)CN(C)C2)cc1. The molecule has 2 N–H and O–H groups in total. The average Bonchev–Trinajstić information content (AvgIpc) is 3.24. The third-order valence-corrected chi connectivity index (χ3v) is 7.59. The molecule has 4 heteroatoms. The van der Waals surface area contributed by atoms with Crippen LogP contribution in [0.1, 0.15) is 54.6 Å². The number of aromatic amines is 1. The Labute approximate surface area is 202 Å². The summed E-state index contributed by atoms with van der Waals surface area (Å²) >= 11 is 0. The van der Waals surface area contributed by atoms with E-state index in [9.17, 15) is 5.11 Å². The number of para-hydroxylation sites is 1. The number of likely N-dealkylation sites (tertiary alicyclic amines) is 1. The van der Waals surface area contributed by atoms with E-state index in [2.05, 4.69) is 103 Å². The Kier molecular flexibility index (Phi) is 5.83. The molecule has 2 aromatic carbocycles. The van der Waals surface area contributed by atoms with Crippen molar-refractivity contribution in [3.8, 4) is 0 Å². The molecule has 0 amide bonds. The van der Waals surface area contributed by atoms with Crippen LogP contribution >= 0.6 is 0 Å². The molecule has 1 aliphatic heterocycles. The van der Waals surface area contributed by atoms with Crippen molar-refractivity contribution >= 4 is 10.9 Å². The van der Waals surface area contributed by atoms with E-state index in [4.69, 9.17) is 0 Å². The highest BCUT2D eigenvalue weighted by Gasteiger charge is 2.55. The fourth-order valence-electron chi connectivity index (χ4n) is 5.72. The van der Waals surface area contributed by atoms with Gasteiger partial charge in [-0.1, -0.05) is 63.2 Å². The second-order valence-electron chi connectivity index (χ2n) is 10.7. The zero-order valence-corrected chi connectivity index (χ0v) is 20.7.